The van der Waals surface area contributed by atoms with Crippen LogP contribution in [0.3, 0.4) is 0 Å². The third-order valence-corrected chi connectivity index (χ3v) is 4.53. The number of nitrogens with one attached hydrogen (secondary N) is 1. The summed E-state index contributed by atoms with van der Waals surface area (Å²) in [5.41, 5.74) is 0.859. The number of benzene rings is 1. The van der Waals surface area contributed by atoms with Crippen molar-refractivity contribution in [3.63, 3.8) is 0 Å². The highest BCUT2D eigenvalue weighted by molar-refractivity contribution is 9.11. The number of amides is 2. The van der Waals surface area contributed by atoms with E-state index in [4.69, 9.17) is 0 Å². The molecule has 5 nitrogen and oxygen atoms in total. The summed E-state index contributed by atoms with van der Waals surface area (Å²) in [6.07, 6.45) is 1.16. The molecule has 0 aliphatic heterocycles. The van der Waals surface area contributed by atoms with Crippen molar-refractivity contribution >= 4 is 31.8 Å². The summed E-state index contributed by atoms with van der Waals surface area (Å²) >= 11 is 3.18. The molecule has 0 bridgehead atoms. The van der Waals surface area contributed by atoms with Gasteiger partial charge in [-0.15, -0.1) is 0 Å². The number of carbonyl (C=O) groups is 1. The van der Waals surface area contributed by atoms with Crippen molar-refractivity contribution in [3.05, 3.63) is 40.9 Å². The molecule has 1 atom stereocenters. The first-order valence-electron chi connectivity index (χ1n) is 6.27. The molecular weight excluding hydrogens is 356 g/mol. The molecular formula is C14H19BrN2O3S. The maximum absolute atomic E-state index is 11.9. The van der Waals surface area contributed by atoms with Gasteiger partial charge < -0.3 is 10.2 Å². The first-order chi connectivity index (χ1) is 9.62. The lowest BCUT2D eigenvalue weighted by Gasteiger charge is -2.25. The van der Waals surface area contributed by atoms with Crippen LogP contribution in [0.1, 0.15) is 18.5 Å². The highest BCUT2D eigenvalue weighted by Crippen LogP contribution is 2.20. The second kappa shape index (κ2) is 7.09. The molecule has 1 N–H and O–H groups in total. The van der Waals surface area contributed by atoms with E-state index in [0.29, 0.717) is 11.0 Å². The van der Waals surface area contributed by atoms with Crippen molar-refractivity contribution in [1.82, 2.24) is 10.2 Å². The van der Waals surface area contributed by atoms with E-state index in [1.807, 2.05) is 6.92 Å². The average molecular weight is 375 g/mol. The van der Waals surface area contributed by atoms with E-state index in [1.165, 1.54) is 0 Å². The normalized spacial score (nSPS) is 12.6. The molecule has 0 fully saturated rings. The maximum atomic E-state index is 11.9. The van der Waals surface area contributed by atoms with E-state index in [1.54, 1.807) is 36.2 Å². The Bertz CT molecular complexity index is 626. The Morgan fingerprint density at radius 2 is 1.90 bits per heavy atom. The highest BCUT2D eigenvalue weighted by Gasteiger charge is 2.17. The molecule has 0 spiro atoms. The minimum atomic E-state index is -3.21. The van der Waals surface area contributed by atoms with E-state index in [0.717, 1.165) is 11.8 Å². The zero-order valence-corrected chi connectivity index (χ0v) is 14.7. The molecule has 1 aromatic carbocycles. The topological polar surface area (TPSA) is 66.5 Å². The number of hydrogen-bond acceptors (Lipinski definition) is 3. The summed E-state index contributed by atoms with van der Waals surface area (Å²) < 4.78 is 23.5. The van der Waals surface area contributed by atoms with E-state index in [-0.39, 0.29) is 17.0 Å². The quantitative estimate of drug-likeness (QED) is 0.861. The summed E-state index contributed by atoms with van der Waals surface area (Å²) in [4.78, 5) is 13.8. The second-order valence-corrected chi connectivity index (χ2v) is 7.94. The second-order valence-electron chi connectivity index (χ2n) is 4.80. The first kappa shape index (κ1) is 17.7. The van der Waals surface area contributed by atoms with Gasteiger partial charge in [0.1, 0.15) is 0 Å². The minimum absolute atomic E-state index is 0.179. The van der Waals surface area contributed by atoms with Crippen LogP contribution in [0.25, 0.3) is 0 Å². The van der Waals surface area contributed by atoms with Crippen LogP contribution in [0.5, 0.6) is 0 Å². The number of halogens is 1. The summed E-state index contributed by atoms with van der Waals surface area (Å²) in [5, 5.41) is 2.71. The minimum Gasteiger partial charge on any atom is -0.333 e. The van der Waals surface area contributed by atoms with Crippen LogP contribution in [-0.4, -0.2) is 39.2 Å². The van der Waals surface area contributed by atoms with Crippen molar-refractivity contribution in [2.45, 2.75) is 17.9 Å². The number of sulfone groups is 1. The SMILES string of the molecule is C=C(Br)CNC(=O)N(C)C(C)c1ccc(S(C)(=O)=O)cc1. The van der Waals surface area contributed by atoms with Gasteiger partial charge >= 0.3 is 6.03 Å². The van der Waals surface area contributed by atoms with Gasteiger partial charge in [0.05, 0.1) is 17.5 Å². The Hall–Kier alpha value is -1.34. The van der Waals surface area contributed by atoms with Gasteiger partial charge in [-0.3, -0.25) is 0 Å². The molecule has 7 heteroatoms. The van der Waals surface area contributed by atoms with Crippen molar-refractivity contribution in [2.75, 3.05) is 19.8 Å². The Balaban J connectivity index is 2.80. The number of hydrogen-bond donors (Lipinski definition) is 1. The van der Waals surface area contributed by atoms with Gasteiger partial charge in [-0.1, -0.05) is 34.6 Å². The smallest absolute Gasteiger partial charge is 0.317 e. The van der Waals surface area contributed by atoms with E-state index < -0.39 is 9.84 Å². The molecule has 21 heavy (non-hydrogen) atoms. The van der Waals surface area contributed by atoms with Crippen LogP contribution < -0.4 is 5.32 Å². The zero-order chi connectivity index (χ0) is 16.2. The van der Waals surface area contributed by atoms with Crippen molar-refractivity contribution in [2.24, 2.45) is 0 Å². The lowest BCUT2D eigenvalue weighted by Crippen LogP contribution is -2.39. The van der Waals surface area contributed by atoms with Crippen LogP contribution in [0.2, 0.25) is 0 Å². The summed E-state index contributed by atoms with van der Waals surface area (Å²) in [6.45, 7) is 5.87. The number of urea groups is 1. The average Bonchev–Trinajstić information content (AvgIpc) is 2.42. The monoisotopic (exact) mass is 374 g/mol. The van der Waals surface area contributed by atoms with Gasteiger partial charge in [0.25, 0.3) is 0 Å². The molecule has 0 aliphatic carbocycles. The fraction of sp³-hybridized carbons (Fsp3) is 0.357. The number of rotatable bonds is 5. The predicted octanol–water partition coefficient (Wildman–Crippen LogP) is 2.70. The summed E-state index contributed by atoms with van der Waals surface area (Å²) in [6, 6.07) is 6.13. The molecule has 0 heterocycles. The van der Waals surface area contributed by atoms with Crippen molar-refractivity contribution in [3.8, 4) is 0 Å². The van der Waals surface area contributed by atoms with Gasteiger partial charge in [0.15, 0.2) is 9.84 Å². The van der Waals surface area contributed by atoms with Crippen LogP contribution >= 0.6 is 15.9 Å². The van der Waals surface area contributed by atoms with Crippen molar-refractivity contribution in [1.29, 1.82) is 0 Å². The Labute approximate surface area is 134 Å². The van der Waals surface area contributed by atoms with E-state index >= 15 is 0 Å². The predicted molar refractivity (Wildman–Crippen MR) is 87.2 cm³/mol. The molecule has 1 unspecified atom stereocenters. The van der Waals surface area contributed by atoms with Gasteiger partial charge in [-0.2, -0.15) is 0 Å². The molecule has 0 radical (unpaired) electrons. The molecule has 0 saturated carbocycles. The van der Waals surface area contributed by atoms with E-state index in [2.05, 4.69) is 27.8 Å². The molecule has 0 aliphatic rings. The molecule has 2 amide bonds. The molecule has 0 saturated heterocycles. The summed E-state index contributed by atoms with van der Waals surface area (Å²) in [5.74, 6) is 0. The first-order valence-corrected chi connectivity index (χ1v) is 8.95. The zero-order valence-electron chi connectivity index (χ0n) is 12.3. The standard InChI is InChI=1S/C14H19BrN2O3S/c1-10(15)9-16-14(18)17(3)11(2)12-5-7-13(8-6-12)21(4,19)20/h5-8,11H,1,9H2,2-4H3,(H,16,18). The largest absolute Gasteiger partial charge is 0.333 e. The van der Waals surface area contributed by atoms with Crippen LogP contribution in [0, 0.1) is 0 Å². The lowest BCUT2D eigenvalue weighted by molar-refractivity contribution is 0.195. The third-order valence-electron chi connectivity index (χ3n) is 3.12. The van der Waals surface area contributed by atoms with Crippen molar-refractivity contribution < 1.29 is 13.2 Å². The Morgan fingerprint density at radius 1 is 1.38 bits per heavy atom. The Morgan fingerprint density at radius 3 is 2.33 bits per heavy atom. The molecule has 116 valence electrons. The molecule has 1 rings (SSSR count). The third kappa shape index (κ3) is 5.17. The van der Waals surface area contributed by atoms with Crippen LogP contribution in [0.15, 0.2) is 40.2 Å². The van der Waals surface area contributed by atoms with Gasteiger partial charge in [-0.25, -0.2) is 13.2 Å². The Kier molecular flexibility index (Phi) is 5.98. The van der Waals surface area contributed by atoms with Gasteiger partial charge in [0.2, 0.25) is 0 Å². The fourth-order valence-electron chi connectivity index (χ4n) is 1.69. The molecule has 1 aromatic rings. The van der Waals surface area contributed by atoms with Gasteiger partial charge in [0, 0.05) is 17.8 Å². The lowest BCUT2D eigenvalue weighted by atomic mass is 10.1. The fourth-order valence-corrected chi connectivity index (χ4v) is 2.46. The van der Waals surface area contributed by atoms with Crippen LogP contribution in [0.4, 0.5) is 4.79 Å². The summed E-state index contributed by atoms with van der Waals surface area (Å²) in [7, 11) is -1.53. The highest BCUT2D eigenvalue weighted by atomic mass is 79.9. The number of nitrogens with zero attached hydrogens (tertiary/aromatic N) is 1. The number of carbonyl (C=O) groups excluding carboxylic acids is 1. The van der Waals surface area contributed by atoms with Gasteiger partial charge in [-0.05, 0) is 24.6 Å². The van der Waals surface area contributed by atoms with E-state index in [9.17, 15) is 13.2 Å². The van der Waals surface area contributed by atoms with Crippen LogP contribution in [-0.2, 0) is 9.84 Å². The maximum Gasteiger partial charge on any atom is 0.317 e. The molecule has 0 aromatic heterocycles.